The summed E-state index contributed by atoms with van der Waals surface area (Å²) in [5.74, 6) is -0.741. The summed E-state index contributed by atoms with van der Waals surface area (Å²) in [6.07, 6.45) is -5.13. The topological polar surface area (TPSA) is 125 Å². The second-order valence-electron chi connectivity index (χ2n) is 3.98. The van der Waals surface area contributed by atoms with Gasteiger partial charge in [0.1, 0.15) is 12.2 Å². The molecule has 0 saturated carbocycles. The average molecular weight is 245 g/mol. The molecule has 1 fully saturated rings. The van der Waals surface area contributed by atoms with Crippen LogP contribution >= 0.6 is 0 Å². The van der Waals surface area contributed by atoms with Crippen molar-refractivity contribution in [2.75, 3.05) is 6.54 Å². The fourth-order valence-electron chi connectivity index (χ4n) is 1.51. The van der Waals surface area contributed by atoms with Gasteiger partial charge in [-0.05, 0) is 19.4 Å². The molecule has 17 heavy (non-hydrogen) atoms. The standard InChI is InChI=1S/C9H15N3O5/c1-4(2)16-9(15)8-7(14)6(13)5(17-8)3-11-12-10/h4-8,13-14H,3H2,1-2H3/t5-,6-,7+,8+/m1/s1. The lowest BCUT2D eigenvalue weighted by molar-refractivity contribution is -0.163. The van der Waals surface area contributed by atoms with E-state index in [1.54, 1.807) is 13.8 Å². The number of hydrogen-bond acceptors (Lipinski definition) is 6. The van der Waals surface area contributed by atoms with E-state index in [1.807, 2.05) is 0 Å². The molecule has 8 heteroatoms. The Balaban J connectivity index is 2.64. The maximum atomic E-state index is 11.5. The highest BCUT2D eigenvalue weighted by molar-refractivity contribution is 5.76. The largest absolute Gasteiger partial charge is 0.461 e. The summed E-state index contributed by atoms with van der Waals surface area (Å²) in [6.45, 7) is 3.17. The number of nitrogens with zero attached hydrogens (tertiary/aromatic N) is 3. The molecule has 0 aromatic rings. The molecule has 1 aliphatic rings. The van der Waals surface area contributed by atoms with Crippen LogP contribution in [0.1, 0.15) is 13.8 Å². The van der Waals surface area contributed by atoms with E-state index < -0.39 is 30.4 Å². The zero-order valence-electron chi connectivity index (χ0n) is 9.55. The van der Waals surface area contributed by atoms with Crippen LogP contribution < -0.4 is 0 Å². The normalized spacial score (nSPS) is 32.3. The minimum absolute atomic E-state index is 0.153. The van der Waals surface area contributed by atoms with Gasteiger partial charge in [0.25, 0.3) is 0 Å². The second-order valence-corrected chi connectivity index (χ2v) is 3.98. The molecule has 8 nitrogen and oxygen atoms in total. The van der Waals surface area contributed by atoms with Gasteiger partial charge in [0, 0.05) is 4.91 Å². The maximum absolute atomic E-state index is 11.5. The Morgan fingerprint density at radius 3 is 2.71 bits per heavy atom. The Hall–Kier alpha value is -1.34. The van der Waals surface area contributed by atoms with Crippen molar-refractivity contribution in [3.63, 3.8) is 0 Å². The number of azide groups is 1. The average Bonchev–Trinajstić information content (AvgIpc) is 2.53. The number of esters is 1. The van der Waals surface area contributed by atoms with Gasteiger partial charge in [0.15, 0.2) is 6.10 Å². The van der Waals surface area contributed by atoms with Gasteiger partial charge in [0.05, 0.1) is 18.8 Å². The SMILES string of the molecule is CC(C)OC(=O)[C@H]1O[C@H](CN=[N+]=[N-])[C@@H](O)[C@@H]1O. The molecule has 0 aromatic carbocycles. The first kappa shape index (κ1) is 13.7. The molecule has 1 rings (SSSR count). The van der Waals surface area contributed by atoms with Gasteiger partial charge in [-0.15, -0.1) is 0 Å². The Bertz CT molecular complexity index is 329. The number of hydrogen-bond donors (Lipinski definition) is 2. The zero-order valence-corrected chi connectivity index (χ0v) is 9.55. The van der Waals surface area contributed by atoms with Crippen LogP contribution in [0.5, 0.6) is 0 Å². The molecule has 0 unspecified atom stereocenters. The first-order valence-electron chi connectivity index (χ1n) is 5.20. The van der Waals surface area contributed by atoms with Crippen LogP contribution in [0.15, 0.2) is 5.11 Å². The monoisotopic (exact) mass is 245 g/mol. The molecule has 1 aliphatic heterocycles. The minimum Gasteiger partial charge on any atom is -0.461 e. The highest BCUT2D eigenvalue weighted by Crippen LogP contribution is 2.23. The maximum Gasteiger partial charge on any atom is 0.338 e. The van der Waals surface area contributed by atoms with Gasteiger partial charge in [-0.3, -0.25) is 0 Å². The molecule has 96 valence electrons. The lowest BCUT2D eigenvalue weighted by atomic mass is 10.1. The van der Waals surface area contributed by atoms with Gasteiger partial charge in [-0.1, -0.05) is 5.11 Å². The predicted molar refractivity (Wildman–Crippen MR) is 55.9 cm³/mol. The molecule has 4 atom stereocenters. The van der Waals surface area contributed by atoms with Crippen molar-refractivity contribution in [1.29, 1.82) is 0 Å². The van der Waals surface area contributed by atoms with Crippen LogP contribution in [0.3, 0.4) is 0 Å². The van der Waals surface area contributed by atoms with Crippen molar-refractivity contribution in [2.45, 2.75) is 44.4 Å². The molecule has 0 aliphatic carbocycles. The number of carbonyl (C=O) groups is 1. The second kappa shape index (κ2) is 5.83. The van der Waals surface area contributed by atoms with E-state index in [4.69, 9.17) is 15.0 Å². The Morgan fingerprint density at radius 2 is 2.18 bits per heavy atom. The van der Waals surface area contributed by atoms with Crippen LogP contribution in [-0.2, 0) is 14.3 Å². The summed E-state index contributed by atoms with van der Waals surface area (Å²) in [4.78, 5) is 14.0. The summed E-state index contributed by atoms with van der Waals surface area (Å²) in [5.41, 5.74) is 8.14. The van der Waals surface area contributed by atoms with Gasteiger partial charge in [-0.2, -0.15) is 0 Å². The highest BCUT2D eigenvalue weighted by Gasteiger charge is 2.46. The van der Waals surface area contributed by atoms with E-state index in [1.165, 1.54) is 0 Å². The van der Waals surface area contributed by atoms with Gasteiger partial charge in [0.2, 0.25) is 0 Å². The third-order valence-electron chi connectivity index (χ3n) is 2.27. The molecule has 0 amide bonds. The number of aliphatic hydroxyl groups excluding tert-OH is 2. The summed E-state index contributed by atoms with van der Waals surface area (Å²) in [7, 11) is 0. The van der Waals surface area contributed by atoms with Crippen LogP contribution in [0.2, 0.25) is 0 Å². The molecular weight excluding hydrogens is 230 g/mol. The van der Waals surface area contributed by atoms with E-state index in [2.05, 4.69) is 10.0 Å². The first-order valence-corrected chi connectivity index (χ1v) is 5.20. The van der Waals surface area contributed by atoms with Crippen molar-refractivity contribution in [2.24, 2.45) is 5.11 Å². The highest BCUT2D eigenvalue weighted by atomic mass is 16.6. The number of ether oxygens (including phenoxy) is 2. The Labute approximate surface area is 97.8 Å². The summed E-state index contributed by atoms with van der Waals surface area (Å²) < 4.78 is 9.98. The molecule has 0 spiro atoms. The van der Waals surface area contributed by atoms with Crippen LogP contribution in [0.25, 0.3) is 10.4 Å². The van der Waals surface area contributed by atoms with Crippen LogP contribution in [-0.4, -0.2) is 53.2 Å². The summed E-state index contributed by atoms with van der Waals surface area (Å²) >= 11 is 0. The van der Waals surface area contributed by atoms with Crippen molar-refractivity contribution in [3.05, 3.63) is 10.4 Å². The summed E-state index contributed by atoms with van der Waals surface area (Å²) in [6, 6.07) is 0. The van der Waals surface area contributed by atoms with Crippen LogP contribution in [0, 0.1) is 0 Å². The van der Waals surface area contributed by atoms with E-state index >= 15 is 0 Å². The van der Waals surface area contributed by atoms with E-state index in [-0.39, 0.29) is 12.6 Å². The lowest BCUT2D eigenvalue weighted by Crippen LogP contribution is -2.38. The molecule has 0 bridgehead atoms. The van der Waals surface area contributed by atoms with Crippen molar-refractivity contribution >= 4 is 5.97 Å². The third-order valence-corrected chi connectivity index (χ3v) is 2.27. The molecule has 1 heterocycles. The van der Waals surface area contributed by atoms with E-state index in [0.29, 0.717) is 0 Å². The zero-order chi connectivity index (χ0) is 13.0. The molecule has 0 aromatic heterocycles. The fourth-order valence-corrected chi connectivity index (χ4v) is 1.51. The van der Waals surface area contributed by atoms with Gasteiger partial charge >= 0.3 is 5.97 Å². The number of rotatable bonds is 4. The van der Waals surface area contributed by atoms with Gasteiger partial charge in [-0.25, -0.2) is 4.79 Å². The Morgan fingerprint density at radius 1 is 1.53 bits per heavy atom. The van der Waals surface area contributed by atoms with Gasteiger partial charge < -0.3 is 19.7 Å². The summed E-state index contributed by atoms with van der Waals surface area (Å²) in [5, 5.41) is 22.4. The molecule has 1 saturated heterocycles. The minimum atomic E-state index is -1.37. The van der Waals surface area contributed by atoms with Crippen molar-refractivity contribution < 1.29 is 24.5 Å². The lowest BCUT2D eigenvalue weighted by Gasteiger charge is -2.15. The fraction of sp³-hybridized carbons (Fsp3) is 0.889. The van der Waals surface area contributed by atoms with Crippen molar-refractivity contribution in [3.8, 4) is 0 Å². The quantitative estimate of drug-likeness (QED) is 0.305. The van der Waals surface area contributed by atoms with Crippen LogP contribution in [0.4, 0.5) is 0 Å². The predicted octanol–water partition coefficient (Wildman–Crippen LogP) is -0.263. The third kappa shape index (κ3) is 3.31. The Kier molecular flexibility index (Phi) is 4.71. The number of carbonyl (C=O) groups excluding carboxylic acids is 1. The molecule has 0 radical (unpaired) electrons. The van der Waals surface area contributed by atoms with E-state index in [9.17, 15) is 15.0 Å². The van der Waals surface area contributed by atoms with E-state index in [0.717, 1.165) is 0 Å². The van der Waals surface area contributed by atoms with Crippen molar-refractivity contribution in [1.82, 2.24) is 0 Å². The smallest absolute Gasteiger partial charge is 0.338 e. The first-order chi connectivity index (χ1) is 7.97. The molecule has 2 N–H and O–H groups in total. The molecular formula is C9H15N3O5. The number of aliphatic hydroxyl groups is 2.